The summed E-state index contributed by atoms with van der Waals surface area (Å²) in [4.78, 5) is 13.4. The summed E-state index contributed by atoms with van der Waals surface area (Å²) in [5, 5.41) is -0.178. The van der Waals surface area contributed by atoms with E-state index < -0.39 is 0 Å². The molecule has 0 aromatic heterocycles. The first kappa shape index (κ1) is 13.2. The molecule has 1 aliphatic heterocycles. The molecule has 102 valence electrons. The molecular weight excluding hydrogens is 270 g/mol. The van der Waals surface area contributed by atoms with E-state index in [1.807, 2.05) is 31.3 Å². The molecule has 0 bridgehead atoms. The Kier molecular flexibility index (Phi) is 3.27. The van der Waals surface area contributed by atoms with Crippen LogP contribution < -0.4 is 4.90 Å². The van der Waals surface area contributed by atoms with E-state index in [9.17, 15) is 4.79 Å². The van der Waals surface area contributed by atoms with Crippen LogP contribution >= 0.6 is 11.6 Å². The highest BCUT2D eigenvalue weighted by Gasteiger charge is 2.25. The lowest BCUT2D eigenvalue weighted by molar-refractivity contribution is -0.117. The van der Waals surface area contributed by atoms with Crippen LogP contribution in [0.1, 0.15) is 27.6 Å². The van der Waals surface area contributed by atoms with Crippen LogP contribution in [0.5, 0.6) is 0 Å². The van der Waals surface area contributed by atoms with Crippen LogP contribution in [-0.2, 0) is 11.2 Å². The van der Waals surface area contributed by atoms with Crippen molar-refractivity contribution >= 4 is 23.2 Å². The SMILES string of the molecule is Cc1ccccc1C(Cl)c1ccc2c(c1)CC(=O)N2C. The topological polar surface area (TPSA) is 20.3 Å². The van der Waals surface area contributed by atoms with Crippen LogP contribution in [0.25, 0.3) is 0 Å². The Labute approximate surface area is 124 Å². The van der Waals surface area contributed by atoms with Crippen molar-refractivity contribution in [2.45, 2.75) is 18.7 Å². The van der Waals surface area contributed by atoms with Gasteiger partial charge in [-0.2, -0.15) is 0 Å². The lowest BCUT2D eigenvalue weighted by Gasteiger charge is -2.15. The number of anilines is 1. The van der Waals surface area contributed by atoms with Crippen LogP contribution in [0.15, 0.2) is 42.5 Å². The van der Waals surface area contributed by atoms with E-state index in [2.05, 4.69) is 25.1 Å². The van der Waals surface area contributed by atoms with Gasteiger partial charge in [0.25, 0.3) is 0 Å². The van der Waals surface area contributed by atoms with E-state index in [0.29, 0.717) is 6.42 Å². The van der Waals surface area contributed by atoms with Crippen LogP contribution in [0, 0.1) is 6.92 Å². The standard InChI is InChI=1S/C17H16ClNO/c1-11-5-3-4-6-14(11)17(18)12-7-8-15-13(9-12)10-16(20)19(15)2/h3-9,17H,10H2,1-2H3. The highest BCUT2D eigenvalue weighted by molar-refractivity contribution is 6.22. The van der Waals surface area contributed by atoms with Crippen molar-refractivity contribution < 1.29 is 4.79 Å². The Balaban J connectivity index is 1.99. The van der Waals surface area contributed by atoms with Crippen molar-refractivity contribution in [2.75, 3.05) is 11.9 Å². The predicted molar refractivity (Wildman–Crippen MR) is 82.4 cm³/mol. The zero-order chi connectivity index (χ0) is 14.3. The van der Waals surface area contributed by atoms with Gasteiger partial charge in [0.1, 0.15) is 0 Å². The fraction of sp³-hybridized carbons (Fsp3) is 0.235. The second-order valence-electron chi connectivity index (χ2n) is 5.24. The Bertz CT molecular complexity index is 680. The summed E-state index contributed by atoms with van der Waals surface area (Å²) >= 11 is 6.61. The minimum Gasteiger partial charge on any atom is -0.315 e. The van der Waals surface area contributed by atoms with Crippen molar-refractivity contribution in [1.82, 2.24) is 0 Å². The van der Waals surface area contributed by atoms with Gasteiger partial charge in [-0.15, -0.1) is 11.6 Å². The number of likely N-dealkylation sites (N-methyl/N-ethyl adjacent to an activating group) is 1. The maximum Gasteiger partial charge on any atom is 0.231 e. The third kappa shape index (κ3) is 2.10. The number of benzene rings is 2. The van der Waals surface area contributed by atoms with E-state index >= 15 is 0 Å². The van der Waals surface area contributed by atoms with Crippen LogP contribution in [-0.4, -0.2) is 13.0 Å². The zero-order valence-corrected chi connectivity index (χ0v) is 12.3. The van der Waals surface area contributed by atoms with E-state index in [1.165, 1.54) is 5.56 Å². The minimum atomic E-state index is -0.178. The van der Waals surface area contributed by atoms with Gasteiger partial charge in [0.05, 0.1) is 11.8 Å². The van der Waals surface area contributed by atoms with Crippen molar-refractivity contribution in [3.05, 3.63) is 64.7 Å². The molecule has 0 N–H and O–H groups in total. The smallest absolute Gasteiger partial charge is 0.231 e. The Morgan fingerprint density at radius 2 is 1.95 bits per heavy atom. The fourth-order valence-corrected chi connectivity index (χ4v) is 3.08. The van der Waals surface area contributed by atoms with E-state index in [-0.39, 0.29) is 11.3 Å². The number of aryl methyl sites for hydroxylation is 1. The number of nitrogens with zero attached hydrogens (tertiary/aromatic N) is 1. The Hall–Kier alpha value is -1.80. The number of hydrogen-bond acceptors (Lipinski definition) is 1. The third-order valence-corrected chi connectivity index (χ3v) is 4.42. The summed E-state index contributed by atoms with van der Waals surface area (Å²) in [6, 6.07) is 14.2. The predicted octanol–water partition coefficient (Wildman–Crippen LogP) is 3.84. The van der Waals surface area contributed by atoms with Gasteiger partial charge in [-0.3, -0.25) is 4.79 Å². The number of rotatable bonds is 2. The number of hydrogen-bond donors (Lipinski definition) is 0. The normalized spacial score (nSPS) is 15.3. The average molecular weight is 286 g/mol. The number of carbonyl (C=O) groups excluding carboxylic acids is 1. The van der Waals surface area contributed by atoms with Crippen LogP contribution in [0.2, 0.25) is 0 Å². The molecule has 0 saturated carbocycles. The van der Waals surface area contributed by atoms with Gasteiger partial charge in [-0.1, -0.05) is 36.4 Å². The van der Waals surface area contributed by atoms with Gasteiger partial charge in [-0.05, 0) is 35.2 Å². The molecule has 1 unspecified atom stereocenters. The average Bonchev–Trinajstić information content (AvgIpc) is 2.73. The number of fused-ring (bicyclic) bond motifs is 1. The number of halogens is 1. The molecular formula is C17H16ClNO. The number of amides is 1. The van der Waals surface area contributed by atoms with Gasteiger partial charge in [-0.25, -0.2) is 0 Å². The lowest BCUT2D eigenvalue weighted by atomic mass is 9.98. The molecule has 20 heavy (non-hydrogen) atoms. The summed E-state index contributed by atoms with van der Waals surface area (Å²) in [6.45, 7) is 2.06. The molecule has 0 radical (unpaired) electrons. The first-order valence-corrected chi connectivity index (χ1v) is 7.10. The summed E-state index contributed by atoms with van der Waals surface area (Å²) in [7, 11) is 1.81. The number of alkyl halides is 1. The third-order valence-electron chi connectivity index (χ3n) is 3.93. The van der Waals surface area contributed by atoms with Crippen LogP contribution in [0.4, 0.5) is 5.69 Å². The highest BCUT2D eigenvalue weighted by Crippen LogP contribution is 2.35. The van der Waals surface area contributed by atoms with Gasteiger partial charge in [0, 0.05) is 12.7 Å². The molecule has 2 aromatic carbocycles. The second-order valence-corrected chi connectivity index (χ2v) is 5.67. The van der Waals surface area contributed by atoms with Crippen LogP contribution in [0.3, 0.4) is 0 Å². The molecule has 1 atom stereocenters. The van der Waals surface area contributed by atoms with Gasteiger partial charge in [0.15, 0.2) is 0 Å². The zero-order valence-electron chi connectivity index (χ0n) is 11.6. The molecule has 0 aliphatic carbocycles. The first-order chi connectivity index (χ1) is 9.58. The number of carbonyl (C=O) groups is 1. The Morgan fingerprint density at radius 1 is 1.20 bits per heavy atom. The van der Waals surface area contributed by atoms with Gasteiger partial charge in [0.2, 0.25) is 5.91 Å². The maximum absolute atomic E-state index is 11.7. The molecule has 1 heterocycles. The second kappa shape index (κ2) is 4.95. The molecule has 0 saturated heterocycles. The molecule has 0 spiro atoms. The maximum atomic E-state index is 11.7. The first-order valence-electron chi connectivity index (χ1n) is 6.67. The van der Waals surface area contributed by atoms with Gasteiger partial charge >= 0.3 is 0 Å². The van der Waals surface area contributed by atoms with Gasteiger partial charge < -0.3 is 4.90 Å². The summed E-state index contributed by atoms with van der Waals surface area (Å²) in [5.74, 6) is 0.138. The van der Waals surface area contributed by atoms with E-state index in [4.69, 9.17) is 11.6 Å². The Morgan fingerprint density at radius 3 is 2.70 bits per heavy atom. The molecule has 1 aliphatic rings. The molecule has 1 amide bonds. The highest BCUT2D eigenvalue weighted by atomic mass is 35.5. The molecule has 3 heteroatoms. The van der Waals surface area contributed by atoms with Crippen molar-refractivity contribution in [2.24, 2.45) is 0 Å². The molecule has 3 rings (SSSR count). The lowest BCUT2D eigenvalue weighted by Crippen LogP contribution is -2.20. The quantitative estimate of drug-likeness (QED) is 0.768. The molecule has 2 nitrogen and oxygen atoms in total. The minimum absolute atomic E-state index is 0.138. The molecule has 2 aromatic rings. The summed E-state index contributed by atoms with van der Waals surface area (Å²) in [5.41, 5.74) is 5.40. The van der Waals surface area contributed by atoms with Crippen molar-refractivity contribution in [1.29, 1.82) is 0 Å². The monoisotopic (exact) mass is 285 g/mol. The van der Waals surface area contributed by atoms with Crippen molar-refractivity contribution in [3.63, 3.8) is 0 Å². The largest absolute Gasteiger partial charge is 0.315 e. The summed E-state index contributed by atoms with van der Waals surface area (Å²) in [6.07, 6.45) is 0.469. The molecule has 0 fully saturated rings. The fourth-order valence-electron chi connectivity index (χ4n) is 2.70. The van der Waals surface area contributed by atoms with E-state index in [0.717, 1.165) is 22.4 Å². The van der Waals surface area contributed by atoms with Crippen molar-refractivity contribution in [3.8, 4) is 0 Å². The van der Waals surface area contributed by atoms with E-state index in [1.54, 1.807) is 4.90 Å². The summed E-state index contributed by atoms with van der Waals surface area (Å²) < 4.78 is 0.